The first-order valence-corrected chi connectivity index (χ1v) is 16.7. The number of aryl methyl sites for hydroxylation is 5. The summed E-state index contributed by atoms with van der Waals surface area (Å²) in [7, 11) is 1.32. The number of esters is 1. The molecule has 4 aromatic heterocycles. The van der Waals surface area contributed by atoms with Gasteiger partial charge in [0, 0.05) is 31.8 Å². The Morgan fingerprint density at radius 2 is 1.65 bits per heavy atom. The van der Waals surface area contributed by atoms with Crippen LogP contribution in [0.5, 0.6) is 0 Å². The van der Waals surface area contributed by atoms with Crippen LogP contribution in [0.15, 0.2) is 41.6 Å². The van der Waals surface area contributed by atoms with Crippen molar-refractivity contribution < 1.29 is 24.5 Å². The molecule has 1 aromatic carbocycles. The quantitative estimate of drug-likeness (QED) is 0.0487. The number of nitrogens with one attached hydrogen (secondary N) is 2. The van der Waals surface area contributed by atoms with E-state index < -0.39 is 18.4 Å². The summed E-state index contributed by atoms with van der Waals surface area (Å²) in [6.45, 7) is 9.60. The van der Waals surface area contributed by atoms with E-state index in [0.29, 0.717) is 89.7 Å². The normalized spacial score (nSPS) is 13.3. The molecule has 6 N–H and O–H groups in total. The van der Waals surface area contributed by atoms with Crippen LogP contribution in [0, 0.1) is 13.8 Å². The predicted octanol–water partition coefficient (Wildman–Crippen LogP) is 1.44. The molecule has 16 nitrogen and oxygen atoms in total. The van der Waals surface area contributed by atoms with Crippen molar-refractivity contribution in [3.05, 3.63) is 80.7 Å². The van der Waals surface area contributed by atoms with Gasteiger partial charge in [0.15, 0.2) is 6.23 Å². The number of nitrogens with zero attached hydrogens (tertiary/aromatic N) is 8. The SMILES string of the molecule is CCn1nc(C)cc1C(=O)Nc1nc2cc(C(=O)OC)ccc2n1CCCCn1c(NC(O)c2cc(C)nn2CC)nc2c1=C=C=C(C(N)O)C=2. The van der Waals surface area contributed by atoms with Gasteiger partial charge in [0.1, 0.15) is 22.6 Å². The number of aromatic nitrogens is 8. The fraction of sp³-hybridized carbons (Fsp3) is 0.371. The number of benzene rings is 1. The number of anilines is 2. The molecular weight excluding hydrogens is 654 g/mol. The third-order valence-electron chi connectivity index (χ3n) is 8.55. The lowest BCUT2D eigenvalue weighted by molar-refractivity contribution is 0.0600. The molecule has 5 aromatic rings. The molecule has 1 aliphatic rings. The van der Waals surface area contributed by atoms with Crippen molar-refractivity contribution in [3.63, 3.8) is 0 Å². The molecule has 1 aliphatic carbocycles. The molecular formula is C35H41N11O5. The zero-order chi connectivity index (χ0) is 36.4. The summed E-state index contributed by atoms with van der Waals surface area (Å²) in [5.41, 5.74) is 16.1. The molecule has 2 unspecified atom stereocenters. The maximum Gasteiger partial charge on any atom is 0.337 e. The highest BCUT2D eigenvalue weighted by molar-refractivity contribution is 6.03. The van der Waals surface area contributed by atoms with Gasteiger partial charge in [-0.1, -0.05) is 5.73 Å². The molecule has 0 spiro atoms. The molecule has 51 heavy (non-hydrogen) atoms. The van der Waals surface area contributed by atoms with Crippen molar-refractivity contribution in [3.8, 4) is 0 Å². The second-order valence-electron chi connectivity index (χ2n) is 12.1. The fourth-order valence-corrected chi connectivity index (χ4v) is 6.11. The van der Waals surface area contributed by atoms with Crippen LogP contribution < -0.4 is 27.1 Å². The van der Waals surface area contributed by atoms with E-state index in [0.717, 1.165) is 16.9 Å². The van der Waals surface area contributed by atoms with E-state index in [4.69, 9.17) is 20.4 Å². The Labute approximate surface area is 292 Å². The van der Waals surface area contributed by atoms with Crippen LogP contribution >= 0.6 is 0 Å². The average molecular weight is 696 g/mol. The molecule has 0 radical (unpaired) electrons. The van der Waals surface area contributed by atoms with Gasteiger partial charge in [0.2, 0.25) is 11.9 Å². The molecule has 16 heteroatoms. The summed E-state index contributed by atoms with van der Waals surface area (Å²) < 4.78 is 12.1. The average Bonchev–Trinajstić information content (AvgIpc) is 3.87. The van der Waals surface area contributed by atoms with Crippen molar-refractivity contribution in [2.24, 2.45) is 5.73 Å². The van der Waals surface area contributed by atoms with Gasteiger partial charge in [-0.3, -0.25) is 19.5 Å². The number of rotatable bonds is 14. The van der Waals surface area contributed by atoms with Gasteiger partial charge in [-0.25, -0.2) is 14.8 Å². The number of aliphatic hydroxyl groups excluding tert-OH is 2. The Morgan fingerprint density at radius 1 is 0.941 bits per heavy atom. The molecule has 0 saturated heterocycles. The first-order valence-electron chi connectivity index (χ1n) is 16.7. The van der Waals surface area contributed by atoms with Gasteiger partial charge in [-0.05, 0) is 82.7 Å². The van der Waals surface area contributed by atoms with Crippen LogP contribution in [0.1, 0.15) is 70.8 Å². The Bertz CT molecular complexity index is 2330. The van der Waals surface area contributed by atoms with E-state index in [1.54, 1.807) is 39.7 Å². The van der Waals surface area contributed by atoms with Crippen molar-refractivity contribution in [2.45, 2.75) is 79.2 Å². The molecule has 4 heterocycles. The van der Waals surface area contributed by atoms with Crippen LogP contribution in [0.2, 0.25) is 0 Å². The minimum Gasteiger partial charge on any atom is -0.465 e. The Balaban J connectivity index is 1.28. The number of aliphatic hydroxyl groups is 2. The number of ether oxygens (including phenoxy) is 1. The van der Waals surface area contributed by atoms with Crippen molar-refractivity contribution in [2.75, 3.05) is 17.7 Å². The monoisotopic (exact) mass is 695 g/mol. The summed E-state index contributed by atoms with van der Waals surface area (Å²) in [6.07, 6.45) is 0.593. The van der Waals surface area contributed by atoms with Crippen LogP contribution in [0.4, 0.5) is 11.9 Å². The Hall–Kier alpha value is -5.76. The van der Waals surface area contributed by atoms with Gasteiger partial charge >= 0.3 is 5.97 Å². The maximum absolute atomic E-state index is 13.4. The summed E-state index contributed by atoms with van der Waals surface area (Å²) in [6, 6.07) is 8.63. The van der Waals surface area contributed by atoms with E-state index >= 15 is 0 Å². The second kappa shape index (κ2) is 14.6. The number of methoxy groups -OCH3 is 1. The lowest BCUT2D eigenvalue weighted by Crippen LogP contribution is -2.32. The Kier molecular flexibility index (Phi) is 10.1. The lowest BCUT2D eigenvalue weighted by atomic mass is 10.2. The van der Waals surface area contributed by atoms with Gasteiger partial charge in [-0.2, -0.15) is 10.2 Å². The van der Waals surface area contributed by atoms with E-state index in [1.165, 1.54) is 7.11 Å². The molecule has 6 rings (SSSR count). The van der Waals surface area contributed by atoms with E-state index in [2.05, 4.69) is 32.3 Å². The van der Waals surface area contributed by atoms with Crippen LogP contribution in [0.3, 0.4) is 0 Å². The molecule has 2 atom stereocenters. The molecule has 0 aliphatic heterocycles. The number of imidazole rings is 2. The third kappa shape index (κ3) is 7.13. The summed E-state index contributed by atoms with van der Waals surface area (Å²) in [5, 5.41) is 37.2. The number of fused-ring (bicyclic) bond motifs is 2. The zero-order valence-corrected chi connectivity index (χ0v) is 29.1. The lowest BCUT2D eigenvalue weighted by Gasteiger charge is -2.16. The number of amides is 1. The van der Waals surface area contributed by atoms with Crippen molar-refractivity contribution in [1.29, 1.82) is 0 Å². The van der Waals surface area contributed by atoms with E-state index in [-0.39, 0.29) is 5.91 Å². The first kappa shape index (κ1) is 35.1. The third-order valence-corrected chi connectivity index (χ3v) is 8.55. The van der Waals surface area contributed by atoms with Crippen molar-refractivity contribution in [1.82, 2.24) is 38.7 Å². The molecule has 1 amide bonds. The van der Waals surface area contributed by atoms with Crippen molar-refractivity contribution >= 4 is 46.6 Å². The van der Waals surface area contributed by atoms with E-state index in [1.807, 2.05) is 42.9 Å². The number of carbonyl (C=O) groups is 2. The number of unbranched alkanes of at least 4 members (excludes halogenated alkanes) is 1. The maximum atomic E-state index is 13.4. The van der Waals surface area contributed by atoms with Crippen LogP contribution in [-0.2, 0) is 30.9 Å². The number of nitrogens with two attached hydrogens (primary N) is 1. The highest BCUT2D eigenvalue weighted by atomic mass is 16.5. The topological polar surface area (TPSA) is 205 Å². The summed E-state index contributed by atoms with van der Waals surface area (Å²) >= 11 is 0. The van der Waals surface area contributed by atoms with Gasteiger partial charge in [-0.15, -0.1) is 0 Å². The molecule has 0 bridgehead atoms. The number of hydrogen-bond donors (Lipinski definition) is 5. The minimum absolute atomic E-state index is 0.329. The smallest absolute Gasteiger partial charge is 0.337 e. The summed E-state index contributed by atoms with van der Waals surface area (Å²) in [4.78, 5) is 35.1. The first-order chi connectivity index (χ1) is 24.5. The highest BCUT2D eigenvalue weighted by Gasteiger charge is 2.21. The highest BCUT2D eigenvalue weighted by Crippen LogP contribution is 2.24. The number of hydrogen-bond acceptors (Lipinski definition) is 11. The van der Waals surface area contributed by atoms with Gasteiger partial charge in [0.05, 0.1) is 40.8 Å². The second-order valence-corrected chi connectivity index (χ2v) is 12.1. The Morgan fingerprint density at radius 3 is 2.35 bits per heavy atom. The largest absolute Gasteiger partial charge is 0.465 e. The number of carbonyl (C=O) groups excluding carboxylic acids is 2. The molecule has 266 valence electrons. The zero-order valence-electron chi connectivity index (χ0n) is 29.1. The minimum atomic E-state index is -1.24. The van der Waals surface area contributed by atoms with Gasteiger partial charge < -0.3 is 35.1 Å². The van der Waals surface area contributed by atoms with Gasteiger partial charge in [0.25, 0.3) is 5.91 Å². The molecule has 0 saturated carbocycles. The van der Waals surface area contributed by atoms with E-state index in [9.17, 15) is 19.8 Å². The van der Waals surface area contributed by atoms with Crippen LogP contribution in [0.25, 0.3) is 22.8 Å². The standard InChI is InChI=1S/C35H41N11O5/c1-6-45-28(16-20(3)41-45)31(48)39-34-37-24-18-22(30(36)47)10-12-26(24)43(34)14-8-9-15-44-27-13-11-23(33(50)51-5)19-25(27)38-35(44)40-32(49)29-17-21(4)42-46(29)7-2/h11,13,16-19,30-31,47-48H,6-9,14-15,36H2,1-5H3,(H,37,39)(H,38,40,49). The van der Waals surface area contributed by atoms with Crippen LogP contribution in [-0.4, -0.2) is 74.1 Å². The fourth-order valence-electron chi connectivity index (χ4n) is 6.11. The molecule has 0 fully saturated rings. The predicted molar refractivity (Wildman–Crippen MR) is 189 cm³/mol. The summed E-state index contributed by atoms with van der Waals surface area (Å²) in [5.74, 6) is -0.116.